The van der Waals surface area contributed by atoms with E-state index in [0.29, 0.717) is 6.54 Å². The minimum atomic E-state index is 0.427. The number of nitrogens with zero attached hydrogens (tertiary/aromatic N) is 1. The van der Waals surface area contributed by atoms with Gasteiger partial charge in [0, 0.05) is 24.6 Å². The van der Waals surface area contributed by atoms with Crippen molar-refractivity contribution in [2.24, 2.45) is 5.14 Å². The van der Waals surface area contributed by atoms with Gasteiger partial charge in [0.15, 0.2) is 0 Å². The van der Waals surface area contributed by atoms with E-state index in [9.17, 15) is 0 Å². The van der Waals surface area contributed by atoms with Crippen molar-refractivity contribution in [3.05, 3.63) is 0 Å². The molecule has 0 aromatic carbocycles. The Balaban J connectivity index is 2.80. The monoisotopic (exact) mass is 220 g/mol. The number of hydrogen-bond donors (Lipinski definition) is 3. The molecule has 0 saturated heterocycles. The molecule has 0 aliphatic carbocycles. The Labute approximate surface area is 88.3 Å². The van der Waals surface area contributed by atoms with E-state index in [2.05, 4.69) is 10.0 Å². The number of nitriles is 1. The van der Waals surface area contributed by atoms with Gasteiger partial charge in [-0.2, -0.15) is 5.26 Å². The standard InChI is InChI=1S/C7H16N4S2/c8-2-3-10-4-5-11-13-7-1-6-12-9/h10-11H,1,3-7,9H2. The van der Waals surface area contributed by atoms with Crippen LogP contribution in [0.3, 0.4) is 0 Å². The van der Waals surface area contributed by atoms with Crippen LogP contribution in [0.15, 0.2) is 0 Å². The fourth-order valence-electron chi connectivity index (χ4n) is 0.642. The van der Waals surface area contributed by atoms with E-state index in [0.717, 1.165) is 31.0 Å². The quantitative estimate of drug-likeness (QED) is 0.295. The lowest BCUT2D eigenvalue weighted by molar-refractivity contribution is 0.738. The number of nitrogens with two attached hydrogens (primary N) is 1. The van der Waals surface area contributed by atoms with Crippen LogP contribution < -0.4 is 15.2 Å². The largest absolute Gasteiger partial charge is 0.303 e. The van der Waals surface area contributed by atoms with Gasteiger partial charge in [-0.25, -0.2) is 0 Å². The summed E-state index contributed by atoms with van der Waals surface area (Å²) in [7, 11) is 0. The van der Waals surface area contributed by atoms with Crippen LogP contribution >= 0.6 is 23.9 Å². The Morgan fingerprint density at radius 2 is 2.15 bits per heavy atom. The summed E-state index contributed by atoms with van der Waals surface area (Å²) in [6.45, 7) is 2.16. The second-order valence-corrected chi connectivity index (χ2v) is 4.03. The molecule has 4 nitrogen and oxygen atoms in total. The third-order valence-electron chi connectivity index (χ3n) is 1.22. The molecular weight excluding hydrogens is 204 g/mol. The van der Waals surface area contributed by atoms with E-state index in [1.165, 1.54) is 11.9 Å². The van der Waals surface area contributed by atoms with E-state index >= 15 is 0 Å². The van der Waals surface area contributed by atoms with Crippen molar-refractivity contribution in [3.8, 4) is 6.07 Å². The van der Waals surface area contributed by atoms with Crippen molar-refractivity contribution < 1.29 is 0 Å². The second kappa shape index (κ2) is 12.1. The normalized spacial score (nSPS) is 9.85. The molecule has 76 valence electrons. The average Bonchev–Trinajstić information content (AvgIpc) is 2.16. The van der Waals surface area contributed by atoms with Crippen LogP contribution in [0.25, 0.3) is 0 Å². The van der Waals surface area contributed by atoms with Crippen LogP contribution in [-0.2, 0) is 0 Å². The van der Waals surface area contributed by atoms with Crippen LogP contribution in [-0.4, -0.2) is 31.1 Å². The van der Waals surface area contributed by atoms with Gasteiger partial charge >= 0.3 is 0 Å². The highest BCUT2D eigenvalue weighted by molar-refractivity contribution is 7.98. The molecule has 13 heavy (non-hydrogen) atoms. The van der Waals surface area contributed by atoms with Gasteiger partial charge in [-0.05, 0) is 6.42 Å². The lowest BCUT2D eigenvalue weighted by Gasteiger charge is -2.02. The first-order valence-electron chi connectivity index (χ1n) is 4.15. The maximum absolute atomic E-state index is 8.21. The minimum absolute atomic E-state index is 0.427. The second-order valence-electron chi connectivity index (χ2n) is 2.30. The lowest BCUT2D eigenvalue weighted by atomic mass is 10.6. The van der Waals surface area contributed by atoms with Crippen LogP contribution in [0.4, 0.5) is 0 Å². The lowest BCUT2D eigenvalue weighted by Crippen LogP contribution is -2.24. The predicted molar refractivity (Wildman–Crippen MR) is 60.2 cm³/mol. The van der Waals surface area contributed by atoms with Gasteiger partial charge in [-0.15, -0.1) is 0 Å². The van der Waals surface area contributed by atoms with Gasteiger partial charge in [0.05, 0.1) is 12.6 Å². The summed E-state index contributed by atoms with van der Waals surface area (Å²) in [5.41, 5.74) is 0. The third kappa shape index (κ3) is 12.1. The fourth-order valence-corrected chi connectivity index (χ4v) is 1.82. The zero-order valence-electron chi connectivity index (χ0n) is 7.58. The highest BCUT2D eigenvalue weighted by atomic mass is 32.2. The van der Waals surface area contributed by atoms with E-state index in [-0.39, 0.29) is 0 Å². The molecule has 0 fully saturated rings. The molecule has 0 bridgehead atoms. The molecule has 4 N–H and O–H groups in total. The SMILES string of the molecule is N#CCNCCNSCCCSN. The molecule has 0 amide bonds. The molecule has 0 radical (unpaired) electrons. The molecular formula is C7H16N4S2. The van der Waals surface area contributed by atoms with E-state index in [4.69, 9.17) is 10.4 Å². The zero-order chi connectivity index (χ0) is 9.78. The fraction of sp³-hybridized carbons (Fsp3) is 0.857. The molecule has 6 heteroatoms. The highest BCUT2D eigenvalue weighted by Crippen LogP contribution is 1.99. The molecule has 0 atom stereocenters. The number of nitrogens with one attached hydrogen (secondary N) is 2. The maximum Gasteiger partial charge on any atom is 0.0841 e. The van der Waals surface area contributed by atoms with Crippen molar-refractivity contribution in [1.82, 2.24) is 10.0 Å². The smallest absolute Gasteiger partial charge is 0.0841 e. The van der Waals surface area contributed by atoms with Crippen molar-refractivity contribution in [2.45, 2.75) is 6.42 Å². The summed E-state index contributed by atoms with van der Waals surface area (Å²) in [5, 5.41) is 16.5. The Kier molecular flexibility index (Phi) is 12.1. The van der Waals surface area contributed by atoms with E-state index in [1.807, 2.05) is 6.07 Å². The maximum atomic E-state index is 8.21. The van der Waals surface area contributed by atoms with Crippen molar-refractivity contribution >= 4 is 23.9 Å². The van der Waals surface area contributed by atoms with Crippen molar-refractivity contribution in [3.63, 3.8) is 0 Å². The first-order chi connectivity index (χ1) is 6.41. The Hall–Kier alpha value is 0.0700. The Morgan fingerprint density at radius 1 is 1.31 bits per heavy atom. The highest BCUT2D eigenvalue weighted by Gasteiger charge is 1.89. The average molecular weight is 220 g/mol. The number of rotatable bonds is 9. The molecule has 0 heterocycles. The van der Waals surface area contributed by atoms with Gasteiger partial charge in [-0.3, -0.25) is 9.86 Å². The van der Waals surface area contributed by atoms with Gasteiger partial charge in [0.2, 0.25) is 0 Å². The van der Waals surface area contributed by atoms with E-state index in [1.54, 1.807) is 11.9 Å². The van der Waals surface area contributed by atoms with Crippen LogP contribution in [0.1, 0.15) is 6.42 Å². The topological polar surface area (TPSA) is 73.9 Å². The van der Waals surface area contributed by atoms with Gasteiger partial charge < -0.3 is 5.32 Å². The summed E-state index contributed by atoms with van der Waals surface area (Å²) in [4.78, 5) is 0. The first-order valence-corrected chi connectivity index (χ1v) is 6.19. The van der Waals surface area contributed by atoms with Crippen LogP contribution in [0, 0.1) is 11.3 Å². The predicted octanol–water partition coefficient (Wildman–Crippen LogP) is 0.334. The summed E-state index contributed by atoms with van der Waals surface area (Å²) in [6, 6.07) is 2.02. The molecule has 0 rings (SSSR count). The minimum Gasteiger partial charge on any atom is -0.303 e. The van der Waals surface area contributed by atoms with Crippen molar-refractivity contribution in [2.75, 3.05) is 31.1 Å². The number of hydrogen-bond acceptors (Lipinski definition) is 6. The summed E-state index contributed by atoms with van der Waals surface area (Å²) in [5.74, 6) is 2.10. The molecule has 0 aliphatic rings. The first kappa shape index (κ1) is 13.1. The van der Waals surface area contributed by atoms with E-state index < -0.39 is 0 Å². The summed E-state index contributed by atoms with van der Waals surface area (Å²) >= 11 is 3.10. The molecule has 0 saturated carbocycles. The van der Waals surface area contributed by atoms with Gasteiger partial charge in [0.25, 0.3) is 0 Å². The van der Waals surface area contributed by atoms with Crippen LogP contribution in [0.2, 0.25) is 0 Å². The van der Waals surface area contributed by atoms with Gasteiger partial charge in [-0.1, -0.05) is 23.9 Å². The van der Waals surface area contributed by atoms with Crippen molar-refractivity contribution in [1.29, 1.82) is 5.26 Å². The third-order valence-corrected chi connectivity index (χ3v) is 2.64. The van der Waals surface area contributed by atoms with Crippen LogP contribution in [0.5, 0.6) is 0 Å². The van der Waals surface area contributed by atoms with Gasteiger partial charge in [0.1, 0.15) is 0 Å². The molecule has 0 unspecified atom stereocenters. The zero-order valence-corrected chi connectivity index (χ0v) is 9.22. The summed E-state index contributed by atoms with van der Waals surface area (Å²) in [6.07, 6.45) is 1.13. The summed E-state index contributed by atoms with van der Waals surface area (Å²) < 4.78 is 3.20. The Morgan fingerprint density at radius 3 is 2.85 bits per heavy atom. The Bertz CT molecular complexity index is 137. The molecule has 0 aromatic rings. The molecule has 0 spiro atoms. The molecule has 0 aliphatic heterocycles. The molecule has 0 aromatic heterocycles.